The lowest BCUT2D eigenvalue weighted by Gasteiger charge is -2.33. The molecule has 0 aliphatic heterocycles. The maximum Gasteiger partial charge on any atom is 0.333 e. The average molecular weight is 347 g/mol. The minimum absolute atomic E-state index is 0.116. The number of esters is 1. The number of nitrogens with one attached hydrogen (secondary N) is 1. The lowest BCUT2D eigenvalue weighted by Crippen LogP contribution is -2.42. The van der Waals surface area contributed by atoms with Crippen LogP contribution >= 0.6 is 0 Å². The molecule has 2 atom stereocenters. The Bertz CT molecular complexity index is 633. The van der Waals surface area contributed by atoms with Crippen molar-refractivity contribution in [3.63, 3.8) is 0 Å². The van der Waals surface area contributed by atoms with Gasteiger partial charge in [0.25, 0.3) is 0 Å². The molecule has 0 fully saturated rings. The van der Waals surface area contributed by atoms with E-state index in [0.29, 0.717) is 12.0 Å². The lowest BCUT2D eigenvalue weighted by molar-refractivity contribution is -0.150. The van der Waals surface area contributed by atoms with Crippen LogP contribution in [0.5, 0.6) is 5.75 Å². The van der Waals surface area contributed by atoms with Gasteiger partial charge in [-0.25, -0.2) is 4.79 Å². The third-order valence-corrected chi connectivity index (χ3v) is 4.37. The van der Waals surface area contributed by atoms with Crippen LogP contribution in [-0.2, 0) is 27.2 Å². The summed E-state index contributed by atoms with van der Waals surface area (Å²) in [5, 5.41) is 0. The van der Waals surface area contributed by atoms with Crippen molar-refractivity contribution in [3.8, 4) is 5.75 Å². The van der Waals surface area contributed by atoms with Crippen molar-refractivity contribution in [3.05, 3.63) is 41.5 Å². The molecule has 2 unspecified atom stereocenters. The molecule has 138 valence electrons. The highest BCUT2D eigenvalue weighted by Crippen LogP contribution is 2.32. The number of rotatable bonds is 6. The van der Waals surface area contributed by atoms with Crippen molar-refractivity contribution < 1.29 is 19.1 Å². The van der Waals surface area contributed by atoms with E-state index in [0.717, 1.165) is 18.6 Å². The fourth-order valence-corrected chi connectivity index (χ4v) is 3.20. The van der Waals surface area contributed by atoms with Crippen LogP contribution in [0.3, 0.4) is 0 Å². The highest BCUT2D eigenvalue weighted by Gasteiger charge is 2.31. The molecule has 0 bridgehead atoms. The molecule has 1 aliphatic rings. The lowest BCUT2D eigenvalue weighted by atomic mass is 9.77. The third-order valence-electron chi connectivity index (χ3n) is 4.37. The van der Waals surface area contributed by atoms with E-state index >= 15 is 0 Å². The van der Waals surface area contributed by atoms with Crippen LogP contribution in [0.2, 0.25) is 0 Å². The van der Waals surface area contributed by atoms with Gasteiger partial charge in [0, 0.05) is 11.6 Å². The van der Waals surface area contributed by atoms with Crippen LogP contribution in [0.4, 0.5) is 0 Å². The molecular formula is C20H29NO4. The van der Waals surface area contributed by atoms with Crippen molar-refractivity contribution in [2.45, 2.75) is 51.7 Å². The minimum atomic E-state index is -0.517. The number of hydroxylamine groups is 1. The van der Waals surface area contributed by atoms with Gasteiger partial charge in [-0.05, 0) is 69.2 Å². The standard InChI is InChI=1S/C20H29NO4/c1-13(19(22)25-20(2,3)4)9-16-10-15-11-17(23-5)8-7-14(15)12-18(16)21-24-6/h7-8,11,16,18,21H,1,9-10,12H2,2-6H3. The fourth-order valence-electron chi connectivity index (χ4n) is 3.20. The highest BCUT2D eigenvalue weighted by molar-refractivity contribution is 5.88. The monoisotopic (exact) mass is 347 g/mol. The third kappa shape index (κ3) is 5.31. The first kappa shape index (κ1) is 19.5. The molecule has 5 heteroatoms. The number of benzene rings is 1. The SMILES string of the molecule is C=C(CC1Cc2cc(OC)ccc2CC1NOC)C(=O)OC(C)(C)C. The molecule has 1 aliphatic carbocycles. The van der Waals surface area contributed by atoms with E-state index in [1.54, 1.807) is 14.2 Å². The normalized spacial score (nSPS) is 19.9. The second kappa shape index (κ2) is 8.02. The number of fused-ring (bicyclic) bond motifs is 1. The summed E-state index contributed by atoms with van der Waals surface area (Å²) in [7, 11) is 3.28. The molecule has 0 aromatic heterocycles. The Morgan fingerprint density at radius 1 is 1.24 bits per heavy atom. The zero-order chi connectivity index (χ0) is 18.6. The van der Waals surface area contributed by atoms with Gasteiger partial charge in [-0.3, -0.25) is 0 Å². The summed E-state index contributed by atoms with van der Waals surface area (Å²) in [5.74, 6) is 0.710. The minimum Gasteiger partial charge on any atom is -0.497 e. The van der Waals surface area contributed by atoms with Gasteiger partial charge in [0.05, 0.1) is 14.2 Å². The van der Waals surface area contributed by atoms with E-state index in [9.17, 15) is 4.79 Å². The van der Waals surface area contributed by atoms with Crippen molar-refractivity contribution in [1.82, 2.24) is 5.48 Å². The number of ether oxygens (including phenoxy) is 2. The van der Waals surface area contributed by atoms with Gasteiger partial charge in [0.1, 0.15) is 11.4 Å². The number of carbonyl (C=O) groups excluding carboxylic acids is 1. The number of hydrogen-bond donors (Lipinski definition) is 1. The van der Waals surface area contributed by atoms with Crippen LogP contribution in [0, 0.1) is 5.92 Å². The van der Waals surface area contributed by atoms with E-state index in [1.165, 1.54) is 11.1 Å². The molecule has 5 nitrogen and oxygen atoms in total. The van der Waals surface area contributed by atoms with Gasteiger partial charge in [-0.2, -0.15) is 5.48 Å². The summed E-state index contributed by atoms with van der Waals surface area (Å²) in [6, 6.07) is 6.26. The second-order valence-electron chi connectivity index (χ2n) is 7.54. The first-order valence-electron chi connectivity index (χ1n) is 8.59. The molecule has 0 saturated carbocycles. The Labute approximate surface area is 150 Å². The van der Waals surface area contributed by atoms with Crippen molar-refractivity contribution in [2.75, 3.05) is 14.2 Å². The number of hydrogen-bond acceptors (Lipinski definition) is 5. The first-order chi connectivity index (χ1) is 11.7. The Morgan fingerprint density at radius 3 is 2.56 bits per heavy atom. The largest absolute Gasteiger partial charge is 0.497 e. The van der Waals surface area contributed by atoms with Crippen LogP contribution in [0.15, 0.2) is 30.4 Å². The van der Waals surface area contributed by atoms with E-state index in [4.69, 9.17) is 14.3 Å². The Balaban J connectivity index is 2.13. The summed E-state index contributed by atoms with van der Waals surface area (Å²) in [5.41, 5.74) is 5.57. The Morgan fingerprint density at radius 2 is 1.96 bits per heavy atom. The van der Waals surface area contributed by atoms with E-state index < -0.39 is 5.60 Å². The summed E-state index contributed by atoms with van der Waals surface area (Å²) in [4.78, 5) is 17.4. The van der Waals surface area contributed by atoms with Gasteiger partial charge < -0.3 is 14.3 Å². The van der Waals surface area contributed by atoms with Crippen molar-refractivity contribution in [1.29, 1.82) is 0 Å². The van der Waals surface area contributed by atoms with Crippen LogP contribution in [0.1, 0.15) is 38.3 Å². The average Bonchev–Trinajstić information content (AvgIpc) is 2.53. The Hall–Kier alpha value is -1.85. The van der Waals surface area contributed by atoms with E-state index in [2.05, 4.69) is 24.2 Å². The molecular weight excluding hydrogens is 318 g/mol. The van der Waals surface area contributed by atoms with E-state index in [-0.39, 0.29) is 17.9 Å². The Kier molecular flexibility index (Phi) is 6.25. The zero-order valence-corrected chi connectivity index (χ0v) is 15.8. The van der Waals surface area contributed by atoms with Crippen molar-refractivity contribution >= 4 is 5.97 Å². The van der Waals surface area contributed by atoms with Gasteiger partial charge in [0.2, 0.25) is 0 Å². The molecule has 0 radical (unpaired) electrons. The predicted molar refractivity (Wildman–Crippen MR) is 97.4 cm³/mol. The molecule has 1 aromatic rings. The van der Waals surface area contributed by atoms with Gasteiger partial charge in [-0.1, -0.05) is 12.6 Å². The summed E-state index contributed by atoms with van der Waals surface area (Å²) in [6.07, 6.45) is 2.22. The number of carbonyl (C=O) groups is 1. The molecule has 1 aromatic carbocycles. The topological polar surface area (TPSA) is 56.8 Å². The number of methoxy groups -OCH3 is 1. The molecule has 2 rings (SSSR count). The highest BCUT2D eigenvalue weighted by atomic mass is 16.6. The molecule has 0 amide bonds. The molecule has 0 spiro atoms. The maximum atomic E-state index is 12.2. The molecule has 1 N–H and O–H groups in total. The first-order valence-corrected chi connectivity index (χ1v) is 8.59. The van der Waals surface area contributed by atoms with Crippen molar-refractivity contribution in [2.24, 2.45) is 5.92 Å². The molecule has 25 heavy (non-hydrogen) atoms. The van der Waals surface area contributed by atoms with E-state index in [1.807, 2.05) is 26.8 Å². The van der Waals surface area contributed by atoms with Gasteiger partial charge in [-0.15, -0.1) is 0 Å². The maximum absolute atomic E-state index is 12.2. The van der Waals surface area contributed by atoms with Gasteiger partial charge >= 0.3 is 5.97 Å². The van der Waals surface area contributed by atoms with Crippen LogP contribution in [-0.4, -0.2) is 31.8 Å². The summed E-state index contributed by atoms with van der Waals surface area (Å²) < 4.78 is 10.8. The summed E-state index contributed by atoms with van der Waals surface area (Å²) >= 11 is 0. The van der Waals surface area contributed by atoms with Crippen LogP contribution < -0.4 is 10.2 Å². The zero-order valence-electron chi connectivity index (χ0n) is 15.8. The smallest absolute Gasteiger partial charge is 0.333 e. The van der Waals surface area contributed by atoms with Gasteiger partial charge in [0.15, 0.2) is 0 Å². The second-order valence-corrected chi connectivity index (χ2v) is 7.54. The predicted octanol–water partition coefficient (Wildman–Crippen LogP) is 3.22. The molecule has 0 saturated heterocycles. The van der Waals surface area contributed by atoms with Crippen LogP contribution in [0.25, 0.3) is 0 Å². The quantitative estimate of drug-likeness (QED) is 0.486. The molecule has 0 heterocycles. The fraction of sp³-hybridized carbons (Fsp3) is 0.550. The summed E-state index contributed by atoms with van der Waals surface area (Å²) in [6.45, 7) is 9.52.